The van der Waals surface area contributed by atoms with Gasteiger partial charge in [0.15, 0.2) is 0 Å². The lowest BCUT2D eigenvalue weighted by Gasteiger charge is -1.91. The first kappa shape index (κ1) is 8.36. The molecule has 0 saturated heterocycles. The molecule has 0 spiro atoms. The Bertz CT molecular complexity index is 281. The van der Waals surface area contributed by atoms with Crippen LogP contribution in [0.15, 0.2) is 6.07 Å². The van der Waals surface area contributed by atoms with E-state index in [1.165, 1.54) is 13.2 Å². The van der Waals surface area contributed by atoms with Crippen molar-refractivity contribution in [3.63, 3.8) is 0 Å². The fraction of sp³-hybridized carbons (Fsp3) is 0.167. The molecule has 0 aromatic carbocycles. The summed E-state index contributed by atoms with van der Waals surface area (Å²) >= 11 is 6.61. The molecule has 60 valence electrons. The Morgan fingerprint density at radius 3 is 2.73 bits per heavy atom. The van der Waals surface area contributed by atoms with E-state index < -0.39 is 5.97 Å². The predicted molar refractivity (Wildman–Crippen MR) is 42.8 cm³/mol. The van der Waals surface area contributed by atoms with Crippen LogP contribution in [0.25, 0.3) is 0 Å². The van der Waals surface area contributed by atoms with Crippen LogP contribution >= 0.6 is 22.9 Å². The van der Waals surface area contributed by atoms with Gasteiger partial charge in [0.05, 0.1) is 7.11 Å². The number of carboxylic acid groups (broad SMARTS) is 1. The Morgan fingerprint density at radius 2 is 2.45 bits per heavy atom. The third-order valence-corrected chi connectivity index (χ3v) is 2.40. The Hall–Kier alpha value is -0.740. The number of thiophene rings is 1. The highest BCUT2D eigenvalue weighted by Gasteiger charge is 2.11. The number of rotatable bonds is 2. The van der Waals surface area contributed by atoms with Crippen molar-refractivity contribution in [2.75, 3.05) is 7.11 Å². The summed E-state index contributed by atoms with van der Waals surface area (Å²) in [6, 6.07) is 1.40. The van der Waals surface area contributed by atoms with Crippen LogP contribution in [-0.4, -0.2) is 18.2 Å². The minimum absolute atomic E-state index is 0.187. The average molecular weight is 193 g/mol. The zero-order chi connectivity index (χ0) is 8.43. The summed E-state index contributed by atoms with van der Waals surface area (Å²) in [6.45, 7) is 0. The van der Waals surface area contributed by atoms with Crippen molar-refractivity contribution in [3.05, 3.63) is 15.3 Å². The van der Waals surface area contributed by atoms with Crippen molar-refractivity contribution in [1.29, 1.82) is 0 Å². The van der Waals surface area contributed by atoms with Crippen molar-refractivity contribution in [1.82, 2.24) is 0 Å². The Morgan fingerprint density at radius 1 is 1.82 bits per heavy atom. The lowest BCUT2D eigenvalue weighted by Crippen LogP contribution is -1.90. The Kier molecular flexibility index (Phi) is 2.36. The molecule has 1 N–H and O–H groups in total. The largest absolute Gasteiger partial charge is 0.494 e. The Balaban J connectivity index is 3.05. The van der Waals surface area contributed by atoms with Crippen LogP contribution < -0.4 is 4.74 Å². The van der Waals surface area contributed by atoms with Gasteiger partial charge < -0.3 is 9.84 Å². The molecule has 0 aliphatic rings. The number of methoxy groups -OCH3 is 1. The van der Waals surface area contributed by atoms with Crippen LogP contribution in [0.4, 0.5) is 0 Å². The highest BCUT2D eigenvalue weighted by molar-refractivity contribution is 7.18. The van der Waals surface area contributed by atoms with Crippen LogP contribution in [0.5, 0.6) is 5.75 Å². The number of carbonyl (C=O) groups is 1. The summed E-state index contributed by atoms with van der Waals surface area (Å²) in [6.07, 6.45) is 0. The summed E-state index contributed by atoms with van der Waals surface area (Å²) in [7, 11) is 1.44. The molecular formula is C6H5ClO3S. The molecule has 0 atom stereocenters. The van der Waals surface area contributed by atoms with Crippen molar-refractivity contribution in [2.45, 2.75) is 0 Å². The second-order valence-corrected chi connectivity index (χ2v) is 3.41. The van der Waals surface area contributed by atoms with Gasteiger partial charge in [-0.25, -0.2) is 4.79 Å². The molecule has 3 nitrogen and oxygen atoms in total. The molecule has 5 heteroatoms. The van der Waals surface area contributed by atoms with Crippen LogP contribution in [0.1, 0.15) is 9.67 Å². The number of hydrogen-bond donors (Lipinski definition) is 1. The number of hydrogen-bond acceptors (Lipinski definition) is 3. The normalized spacial score (nSPS) is 9.64. The molecule has 0 radical (unpaired) electrons. The molecule has 0 aliphatic carbocycles. The van der Waals surface area contributed by atoms with Gasteiger partial charge in [-0.05, 0) is 0 Å². The highest BCUT2D eigenvalue weighted by Crippen LogP contribution is 2.33. The quantitative estimate of drug-likeness (QED) is 0.781. The fourth-order valence-electron chi connectivity index (χ4n) is 0.597. The molecule has 0 unspecified atom stereocenters. The average Bonchev–Trinajstić information content (AvgIpc) is 2.31. The van der Waals surface area contributed by atoms with Gasteiger partial charge in [-0.15, -0.1) is 11.3 Å². The third kappa shape index (κ3) is 1.64. The zero-order valence-corrected chi connectivity index (χ0v) is 7.20. The number of halogens is 1. The molecule has 1 rings (SSSR count). The predicted octanol–water partition coefficient (Wildman–Crippen LogP) is 2.11. The van der Waals surface area contributed by atoms with Gasteiger partial charge in [0.2, 0.25) is 0 Å². The maximum atomic E-state index is 10.4. The van der Waals surface area contributed by atoms with Crippen molar-refractivity contribution in [3.8, 4) is 5.75 Å². The standard InChI is InChI=1S/C6H5ClO3S/c1-10-3-2-4(6(8)9)11-5(3)7/h2H,1H3,(H,8,9). The van der Waals surface area contributed by atoms with Crippen LogP contribution in [0, 0.1) is 0 Å². The summed E-state index contributed by atoms with van der Waals surface area (Å²) in [5, 5.41) is 8.51. The van der Waals surface area contributed by atoms with E-state index in [-0.39, 0.29) is 4.88 Å². The molecule has 1 aromatic rings. The molecule has 0 aliphatic heterocycles. The first-order valence-corrected chi connectivity index (χ1v) is 3.91. The van der Waals surface area contributed by atoms with Crippen molar-refractivity contribution < 1.29 is 14.6 Å². The SMILES string of the molecule is COc1cc(C(=O)O)sc1Cl. The van der Waals surface area contributed by atoms with E-state index in [1.54, 1.807) is 0 Å². The van der Waals surface area contributed by atoms with Gasteiger partial charge in [0.25, 0.3) is 0 Å². The van der Waals surface area contributed by atoms with Gasteiger partial charge in [-0.3, -0.25) is 0 Å². The first-order valence-electron chi connectivity index (χ1n) is 2.71. The molecule has 0 amide bonds. The second-order valence-electron chi connectivity index (χ2n) is 1.76. The molecule has 0 bridgehead atoms. The molecule has 1 aromatic heterocycles. The summed E-state index contributed by atoms with van der Waals surface area (Å²) in [5.41, 5.74) is 0. The third-order valence-electron chi connectivity index (χ3n) is 1.09. The van der Waals surface area contributed by atoms with E-state index in [0.29, 0.717) is 10.1 Å². The smallest absolute Gasteiger partial charge is 0.346 e. The molecule has 0 fully saturated rings. The van der Waals surface area contributed by atoms with E-state index in [4.69, 9.17) is 21.4 Å². The van der Waals surface area contributed by atoms with Crippen LogP contribution in [-0.2, 0) is 0 Å². The lowest BCUT2D eigenvalue weighted by molar-refractivity contribution is 0.0702. The van der Waals surface area contributed by atoms with E-state index in [2.05, 4.69) is 0 Å². The van der Waals surface area contributed by atoms with E-state index >= 15 is 0 Å². The first-order chi connectivity index (χ1) is 5.15. The fourth-order valence-corrected chi connectivity index (χ4v) is 1.67. The Labute approximate surface area is 72.2 Å². The summed E-state index contributed by atoms with van der Waals surface area (Å²) in [5.74, 6) is -0.575. The maximum absolute atomic E-state index is 10.4. The molecular weight excluding hydrogens is 188 g/mol. The van der Waals surface area contributed by atoms with Gasteiger partial charge in [0.1, 0.15) is 15.0 Å². The topological polar surface area (TPSA) is 46.5 Å². The van der Waals surface area contributed by atoms with Crippen molar-refractivity contribution in [2.24, 2.45) is 0 Å². The molecule has 11 heavy (non-hydrogen) atoms. The summed E-state index contributed by atoms with van der Waals surface area (Å²) in [4.78, 5) is 10.6. The summed E-state index contributed by atoms with van der Waals surface area (Å²) < 4.78 is 5.16. The minimum atomic E-state index is -0.986. The monoisotopic (exact) mass is 192 g/mol. The van der Waals surface area contributed by atoms with Gasteiger partial charge >= 0.3 is 5.97 Å². The van der Waals surface area contributed by atoms with Crippen LogP contribution in [0.3, 0.4) is 0 Å². The van der Waals surface area contributed by atoms with Gasteiger partial charge in [-0.1, -0.05) is 11.6 Å². The van der Waals surface area contributed by atoms with Crippen LogP contribution in [0.2, 0.25) is 4.34 Å². The molecule has 0 saturated carbocycles. The lowest BCUT2D eigenvalue weighted by atomic mass is 10.4. The van der Waals surface area contributed by atoms with E-state index in [9.17, 15) is 4.79 Å². The van der Waals surface area contributed by atoms with Gasteiger partial charge in [0, 0.05) is 6.07 Å². The number of aromatic carboxylic acids is 1. The van der Waals surface area contributed by atoms with Crippen molar-refractivity contribution >= 4 is 28.9 Å². The van der Waals surface area contributed by atoms with E-state index in [0.717, 1.165) is 11.3 Å². The highest BCUT2D eigenvalue weighted by atomic mass is 35.5. The molecule has 1 heterocycles. The second kappa shape index (κ2) is 3.11. The minimum Gasteiger partial charge on any atom is -0.494 e. The maximum Gasteiger partial charge on any atom is 0.346 e. The van der Waals surface area contributed by atoms with E-state index in [1.807, 2.05) is 0 Å². The zero-order valence-electron chi connectivity index (χ0n) is 5.63. The number of carboxylic acids is 1. The van der Waals surface area contributed by atoms with Gasteiger partial charge in [-0.2, -0.15) is 0 Å². The number of ether oxygens (including phenoxy) is 1.